The van der Waals surface area contributed by atoms with Crippen molar-refractivity contribution >= 4 is 11.3 Å². The topological polar surface area (TPSA) is 15.3 Å². The van der Waals surface area contributed by atoms with Crippen LogP contribution in [0.15, 0.2) is 12.1 Å². The molecular weight excluding hydrogens is 264 g/mol. The van der Waals surface area contributed by atoms with Crippen LogP contribution in [0.4, 0.5) is 0 Å². The summed E-state index contributed by atoms with van der Waals surface area (Å²) in [5, 5.41) is 3.61. The molecule has 2 heterocycles. The van der Waals surface area contributed by atoms with Crippen molar-refractivity contribution in [2.24, 2.45) is 5.41 Å². The first-order valence-corrected chi connectivity index (χ1v) is 8.96. The summed E-state index contributed by atoms with van der Waals surface area (Å²) in [7, 11) is 0. The fourth-order valence-electron chi connectivity index (χ4n) is 2.99. The summed E-state index contributed by atoms with van der Waals surface area (Å²) in [5.74, 6) is 0. The number of rotatable bonds is 5. The minimum atomic E-state index is 0.545. The lowest BCUT2D eigenvalue weighted by Gasteiger charge is -2.22. The van der Waals surface area contributed by atoms with Crippen LogP contribution in [0.2, 0.25) is 0 Å². The first kappa shape index (κ1) is 14.6. The van der Waals surface area contributed by atoms with Gasteiger partial charge in [-0.15, -0.1) is 11.3 Å². The van der Waals surface area contributed by atoms with Crippen LogP contribution in [0, 0.1) is 5.41 Å². The van der Waals surface area contributed by atoms with Crippen molar-refractivity contribution < 1.29 is 0 Å². The van der Waals surface area contributed by atoms with E-state index in [-0.39, 0.29) is 0 Å². The van der Waals surface area contributed by atoms with Gasteiger partial charge in [0.15, 0.2) is 0 Å². The summed E-state index contributed by atoms with van der Waals surface area (Å²) in [6.07, 6.45) is 6.83. The van der Waals surface area contributed by atoms with E-state index in [0.29, 0.717) is 5.41 Å². The van der Waals surface area contributed by atoms with Crippen LogP contribution in [0.1, 0.15) is 55.7 Å². The molecule has 0 unspecified atom stereocenters. The van der Waals surface area contributed by atoms with Gasteiger partial charge in [-0.2, -0.15) is 0 Å². The summed E-state index contributed by atoms with van der Waals surface area (Å²) in [6, 6.07) is 5.47. The number of hydrogen-bond acceptors (Lipinski definition) is 3. The Morgan fingerprint density at radius 3 is 2.80 bits per heavy atom. The van der Waals surface area contributed by atoms with E-state index in [0.717, 1.165) is 19.1 Å². The number of nitrogens with one attached hydrogen (secondary N) is 1. The van der Waals surface area contributed by atoms with Gasteiger partial charge in [-0.1, -0.05) is 13.8 Å². The zero-order valence-corrected chi connectivity index (χ0v) is 13.8. The molecule has 1 N–H and O–H groups in total. The Morgan fingerprint density at radius 2 is 2.00 bits per heavy atom. The zero-order chi connectivity index (χ0) is 14.0. The summed E-state index contributed by atoms with van der Waals surface area (Å²) in [4.78, 5) is 5.69. The van der Waals surface area contributed by atoms with E-state index in [2.05, 4.69) is 36.2 Å². The number of thiophene rings is 1. The highest BCUT2D eigenvalue weighted by Crippen LogP contribution is 2.31. The van der Waals surface area contributed by atoms with Gasteiger partial charge in [0.1, 0.15) is 0 Å². The SMILES string of the molecule is CC1(C)CCCN(Cc2ccc(CNC3CC3)s2)CC1. The van der Waals surface area contributed by atoms with Gasteiger partial charge in [0.2, 0.25) is 0 Å². The molecule has 1 aliphatic carbocycles. The Labute approximate surface area is 127 Å². The normalized spacial score (nSPS) is 23.7. The van der Waals surface area contributed by atoms with Gasteiger partial charge in [0, 0.05) is 28.9 Å². The van der Waals surface area contributed by atoms with E-state index in [4.69, 9.17) is 0 Å². The summed E-state index contributed by atoms with van der Waals surface area (Å²) >= 11 is 2.00. The lowest BCUT2D eigenvalue weighted by Crippen LogP contribution is -2.24. The fourth-order valence-corrected chi connectivity index (χ4v) is 4.00. The molecule has 2 nitrogen and oxygen atoms in total. The monoisotopic (exact) mass is 292 g/mol. The molecule has 0 atom stereocenters. The highest BCUT2D eigenvalue weighted by molar-refractivity contribution is 7.11. The second-order valence-corrected chi connectivity index (χ2v) is 8.57. The predicted octanol–water partition coefficient (Wildman–Crippen LogP) is 4.01. The van der Waals surface area contributed by atoms with E-state index in [9.17, 15) is 0 Å². The minimum Gasteiger partial charge on any atom is -0.309 e. The van der Waals surface area contributed by atoms with Gasteiger partial charge in [0.05, 0.1) is 0 Å². The Kier molecular flexibility index (Phi) is 4.49. The lowest BCUT2D eigenvalue weighted by atomic mass is 9.85. The van der Waals surface area contributed by atoms with Crippen molar-refractivity contribution in [3.8, 4) is 0 Å². The van der Waals surface area contributed by atoms with Crippen LogP contribution >= 0.6 is 11.3 Å². The third-order valence-electron chi connectivity index (χ3n) is 4.67. The minimum absolute atomic E-state index is 0.545. The highest BCUT2D eigenvalue weighted by atomic mass is 32.1. The largest absolute Gasteiger partial charge is 0.309 e. The number of nitrogens with zero attached hydrogens (tertiary/aromatic N) is 1. The van der Waals surface area contributed by atoms with Gasteiger partial charge >= 0.3 is 0 Å². The van der Waals surface area contributed by atoms with Crippen molar-refractivity contribution in [2.75, 3.05) is 13.1 Å². The first-order chi connectivity index (χ1) is 9.61. The van der Waals surface area contributed by atoms with Crippen molar-refractivity contribution in [1.82, 2.24) is 10.2 Å². The first-order valence-electron chi connectivity index (χ1n) is 8.14. The standard InChI is InChI=1S/C17H28N2S/c1-17(2)8-3-10-19(11-9-17)13-16-7-6-15(20-16)12-18-14-4-5-14/h6-7,14,18H,3-5,8-13H2,1-2H3. The summed E-state index contributed by atoms with van der Waals surface area (Å²) in [5.41, 5.74) is 0.545. The molecule has 1 saturated heterocycles. The Balaban J connectivity index is 1.49. The molecule has 1 aromatic rings. The maximum atomic E-state index is 3.61. The van der Waals surface area contributed by atoms with Gasteiger partial charge < -0.3 is 5.32 Å². The van der Waals surface area contributed by atoms with E-state index in [1.165, 1.54) is 54.9 Å². The Bertz CT molecular complexity index is 434. The lowest BCUT2D eigenvalue weighted by molar-refractivity contribution is 0.257. The molecule has 1 aromatic heterocycles. The maximum Gasteiger partial charge on any atom is 0.0328 e. The average molecular weight is 292 g/mol. The van der Waals surface area contributed by atoms with Crippen LogP contribution in [-0.4, -0.2) is 24.0 Å². The molecule has 0 radical (unpaired) electrons. The van der Waals surface area contributed by atoms with Crippen LogP contribution in [0.25, 0.3) is 0 Å². The summed E-state index contributed by atoms with van der Waals surface area (Å²) in [6.45, 7) is 9.61. The van der Waals surface area contributed by atoms with Crippen LogP contribution in [0.3, 0.4) is 0 Å². The van der Waals surface area contributed by atoms with Crippen molar-refractivity contribution in [3.63, 3.8) is 0 Å². The average Bonchev–Trinajstić information content (AvgIpc) is 3.15. The van der Waals surface area contributed by atoms with Crippen molar-refractivity contribution in [3.05, 3.63) is 21.9 Å². The van der Waals surface area contributed by atoms with E-state index in [1.807, 2.05) is 11.3 Å². The second-order valence-electron chi connectivity index (χ2n) is 7.32. The molecule has 0 spiro atoms. The molecule has 20 heavy (non-hydrogen) atoms. The van der Waals surface area contributed by atoms with E-state index in [1.54, 1.807) is 0 Å². The molecule has 2 aliphatic rings. The van der Waals surface area contributed by atoms with Crippen LogP contribution in [-0.2, 0) is 13.1 Å². The smallest absolute Gasteiger partial charge is 0.0328 e. The Hall–Kier alpha value is -0.380. The third kappa shape index (κ3) is 4.31. The predicted molar refractivity (Wildman–Crippen MR) is 87.1 cm³/mol. The van der Waals surface area contributed by atoms with Gasteiger partial charge in [-0.25, -0.2) is 0 Å². The van der Waals surface area contributed by atoms with Crippen LogP contribution < -0.4 is 5.32 Å². The molecule has 112 valence electrons. The molecule has 1 saturated carbocycles. The zero-order valence-electron chi connectivity index (χ0n) is 13.0. The van der Waals surface area contributed by atoms with Crippen LogP contribution in [0.5, 0.6) is 0 Å². The van der Waals surface area contributed by atoms with E-state index < -0.39 is 0 Å². The number of likely N-dealkylation sites (tertiary alicyclic amines) is 1. The number of hydrogen-bond donors (Lipinski definition) is 1. The second kappa shape index (κ2) is 6.17. The van der Waals surface area contributed by atoms with Gasteiger partial charge in [0.25, 0.3) is 0 Å². The molecule has 3 heteroatoms. The van der Waals surface area contributed by atoms with Crippen molar-refractivity contribution in [2.45, 2.75) is 65.1 Å². The maximum absolute atomic E-state index is 3.61. The fraction of sp³-hybridized carbons (Fsp3) is 0.765. The molecule has 1 aliphatic heterocycles. The molecule has 0 bridgehead atoms. The molecule has 0 aromatic carbocycles. The highest BCUT2D eigenvalue weighted by Gasteiger charge is 2.23. The third-order valence-corrected chi connectivity index (χ3v) is 5.74. The summed E-state index contributed by atoms with van der Waals surface area (Å²) < 4.78 is 0. The molecular formula is C17H28N2S. The Morgan fingerprint density at radius 1 is 1.20 bits per heavy atom. The van der Waals surface area contributed by atoms with Gasteiger partial charge in [-0.05, 0) is 62.7 Å². The van der Waals surface area contributed by atoms with Crippen molar-refractivity contribution in [1.29, 1.82) is 0 Å². The molecule has 2 fully saturated rings. The van der Waals surface area contributed by atoms with E-state index >= 15 is 0 Å². The molecule has 0 amide bonds. The quantitative estimate of drug-likeness (QED) is 0.882. The molecule has 3 rings (SSSR count). The van der Waals surface area contributed by atoms with Gasteiger partial charge in [-0.3, -0.25) is 4.90 Å².